The van der Waals surface area contributed by atoms with Gasteiger partial charge in [-0.25, -0.2) is 8.42 Å². The summed E-state index contributed by atoms with van der Waals surface area (Å²) in [5.41, 5.74) is 0.424. The number of likely N-dealkylation sites (tertiary alicyclic amines) is 1. The molecule has 0 bridgehead atoms. The Morgan fingerprint density at radius 3 is 2.13 bits per heavy atom. The molecule has 4 rings (SSSR count). The Morgan fingerprint density at radius 1 is 0.967 bits per heavy atom. The van der Waals surface area contributed by atoms with Gasteiger partial charge in [0, 0.05) is 38.0 Å². The first-order chi connectivity index (χ1) is 14.5. The molecule has 30 heavy (non-hydrogen) atoms. The molecule has 0 spiro atoms. The quantitative estimate of drug-likeness (QED) is 0.715. The number of benzene rings is 1. The van der Waals surface area contributed by atoms with Gasteiger partial charge in [0.25, 0.3) is 0 Å². The highest BCUT2D eigenvalue weighted by molar-refractivity contribution is 7.89. The van der Waals surface area contributed by atoms with Crippen molar-refractivity contribution >= 4 is 15.9 Å². The summed E-state index contributed by atoms with van der Waals surface area (Å²) < 4.78 is 38.3. The summed E-state index contributed by atoms with van der Waals surface area (Å²) in [6, 6.07) is 7.94. The zero-order chi connectivity index (χ0) is 21.1. The monoisotopic (exact) mass is 433 g/mol. The maximum atomic E-state index is 12.9. The second kappa shape index (κ2) is 9.02. The van der Waals surface area contributed by atoms with Crippen molar-refractivity contribution in [3.63, 3.8) is 0 Å². The van der Waals surface area contributed by atoms with E-state index in [2.05, 4.69) is 0 Å². The normalized spacial score (nSPS) is 22.8. The van der Waals surface area contributed by atoms with Gasteiger partial charge < -0.3 is 14.4 Å². The Labute approximate surface area is 177 Å². The number of hydrogen-bond acceptors (Lipinski definition) is 6. The molecule has 0 atom stereocenters. The number of piperidine rings is 2. The third-order valence-electron chi connectivity index (χ3n) is 6.31. The lowest BCUT2D eigenvalue weighted by Crippen LogP contribution is -2.47. The van der Waals surface area contributed by atoms with Gasteiger partial charge in [0.15, 0.2) is 6.29 Å². The highest BCUT2D eigenvalue weighted by Crippen LogP contribution is 2.29. The molecule has 3 saturated heterocycles. The van der Waals surface area contributed by atoms with Crippen LogP contribution in [0.2, 0.25) is 0 Å². The van der Waals surface area contributed by atoms with Gasteiger partial charge in [0.1, 0.15) is 0 Å². The van der Waals surface area contributed by atoms with Crippen LogP contribution in [0.3, 0.4) is 0 Å². The van der Waals surface area contributed by atoms with Crippen LogP contribution in [0.5, 0.6) is 0 Å². The summed E-state index contributed by atoms with van der Waals surface area (Å²) in [7, 11) is -3.61. The lowest BCUT2D eigenvalue weighted by molar-refractivity contribution is -0.142. The van der Waals surface area contributed by atoms with Gasteiger partial charge in [-0.3, -0.25) is 4.79 Å². The molecule has 0 aliphatic carbocycles. The Morgan fingerprint density at radius 2 is 1.57 bits per heavy atom. The van der Waals surface area contributed by atoms with E-state index in [4.69, 9.17) is 14.7 Å². The van der Waals surface area contributed by atoms with Crippen molar-refractivity contribution in [2.24, 2.45) is 11.8 Å². The third-order valence-corrected chi connectivity index (χ3v) is 8.22. The molecule has 0 unspecified atom stereocenters. The predicted octanol–water partition coefficient (Wildman–Crippen LogP) is 1.57. The number of amides is 1. The average Bonchev–Trinajstić information content (AvgIpc) is 3.34. The van der Waals surface area contributed by atoms with Gasteiger partial charge in [-0.1, -0.05) is 0 Å². The Hall–Kier alpha value is -1.99. The van der Waals surface area contributed by atoms with Crippen LogP contribution in [-0.2, 0) is 24.3 Å². The predicted molar refractivity (Wildman–Crippen MR) is 108 cm³/mol. The number of carbonyl (C=O) groups excluding carboxylic acids is 1. The minimum absolute atomic E-state index is 0.127. The van der Waals surface area contributed by atoms with Crippen LogP contribution in [0.25, 0.3) is 0 Å². The Balaban J connectivity index is 1.29. The van der Waals surface area contributed by atoms with Crippen molar-refractivity contribution < 1.29 is 22.7 Å². The molecule has 1 aromatic rings. The highest BCUT2D eigenvalue weighted by Gasteiger charge is 2.36. The molecule has 0 aromatic heterocycles. The van der Waals surface area contributed by atoms with Crippen LogP contribution in [0.4, 0.5) is 0 Å². The summed E-state index contributed by atoms with van der Waals surface area (Å²) in [5.74, 6) is 0.348. The number of nitrogens with zero attached hydrogens (tertiary/aromatic N) is 3. The van der Waals surface area contributed by atoms with E-state index in [1.165, 1.54) is 28.6 Å². The first kappa shape index (κ1) is 21.2. The molecule has 3 aliphatic heterocycles. The molecule has 0 saturated carbocycles. The van der Waals surface area contributed by atoms with Crippen LogP contribution in [-0.4, -0.2) is 69.2 Å². The fraction of sp³-hybridized carbons (Fsp3) is 0.619. The molecule has 0 N–H and O–H groups in total. The van der Waals surface area contributed by atoms with Crippen LogP contribution in [0, 0.1) is 23.2 Å². The second-order valence-corrected chi connectivity index (χ2v) is 10.0. The van der Waals surface area contributed by atoms with Crippen LogP contribution >= 0.6 is 0 Å². The summed E-state index contributed by atoms with van der Waals surface area (Å²) in [5, 5.41) is 8.88. The van der Waals surface area contributed by atoms with E-state index in [1.807, 2.05) is 11.0 Å². The Bertz CT molecular complexity index is 890. The van der Waals surface area contributed by atoms with E-state index >= 15 is 0 Å². The van der Waals surface area contributed by atoms with Gasteiger partial charge in [0.2, 0.25) is 15.9 Å². The molecule has 3 fully saturated rings. The van der Waals surface area contributed by atoms with Gasteiger partial charge in [-0.05, 0) is 49.9 Å². The standard InChI is InChI=1S/C21H27N3O5S/c22-15-16-1-3-19(4-2-16)30(26,27)24-11-7-17(8-12-24)20(25)23-9-5-18(6-10-23)21-28-13-14-29-21/h1-4,17-18,21H,5-14H2. The van der Waals surface area contributed by atoms with E-state index in [0.717, 1.165) is 12.8 Å². The van der Waals surface area contributed by atoms with Crippen molar-refractivity contribution in [1.82, 2.24) is 9.21 Å². The number of nitriles is 1. The van der Waals surface area contributed by atoms with E-state index in [-0.39, 0.29) is 23.0 Å². The van der Waals surface area contributed by atoms with E-state index in [0.29, 0.717) is 63.7 Å². The maximum absolute atomic E-state index is 12.9. The topological polar surface area (TPSA) is 99.9 Å². The molecular weight excluding hydrogens is 406 g/mol. The SMILES string of the molecule is N#Cc1ccc(S(=O)(=O)N2CCC(C(=O)N3CCC(C4OCCO4)CC3)CC2)cc1. The number of hydrogen-bond donors (Lipinski definition) is 0. The molecule has 1 amide bonds. The van der Waals surface area contributed by atoms with E-state index in [1.54, 1.807) is 0 Å². The molecule has 1 aromatic carbocycles. The lowest BCUT2D eigenvalue weighted by Gasteiger charge is -2.37. The molecule has 8 nitrogen and oxygen atoms in total. The highest BCUT2D eigenvalue weighted by atomic mass is 32.2. The summed E-state index contributed by atoms with van der Waals surface area (Å²) >= 11 is 0. The van der Waals surface area contributed by atoms with Gasteiger partial charge >= 0.3 is 0 Å². The fourth-order valence-corrected chi connectivity index (χ4v) is 5.96. The van der Waals surface area contributed by atoms with Gasteiger partial charge in [0.05, 0.1) is 29.7 Å². The maximum Gasteiger partial charge on any atom is 0.243 e. The molecular formula is C21H27N3O5S. The summed E-state index contributed by atoms with van der Waals surface area (Å²) in [6.45, 7) is 3.37. The second-order valence-electron chi connectivity index (χ2n) is 8.09. The number of carbonyl (C=O) groups is 1. The minimum atomic E-state index is -3.61. The van der Waals surface area contributed by atoms with Crippen molar-refractivity contribution in [3.8, 4) is 6.07 Å². The molecule has 3 heterocycles. The smallest absolute Gasteiger partial charge is 0.243 e. The number of rotatable bonds is 4. The minimum Gasteiger partial charge on any atom is -0.350 e. The number of sulfonamides is 1. The average molecular weight is 434 g/mol. The van der Waals surface area contributed by atoms with Crippen molar-refractivity contribution in [2.45, 2.75) is 36.9 Å². The summed E-state index contributed by atoms with van der Waals surface area (Å²) in [6.07, 6.45) is 2.69. The first-order valence-electron chi connectivity index (χ1n) is 10.5. The van der Waals surface area contributed by atoms with E-state index in [9.17, 15) is 13.2 Å². The van der Waals surface area contributed by atoms with Crippen molar-refractivity contribution in [2.75, 3.05) is 39.4 Å². The van der Waals surface area contributed by atoms with Crippen LogP contribution in [0.15, 0.2) is 29.2 Å². The lowest BCUT2D eigenvalue weighted by atomic mass is 9.92. The fourth-order valence-electron chi connectivity index (χ4n) is 4.49. The molecule has 162 valence electrons. The zero-order valence-electron chi connectivity index (χ0n) is 16.9. The van der Waals surface area contributed by atoms with Crippen LogP contribution < -0.4 is 0 Å². The first-order valence-corrected chi connectivity index (χ1v) is 12.0. The van der Waals surface area contributed by atoms with Crippen molar-refractivity contribution in [1.29, 1.82) is 5.26 Å². The largest absolute Gasteiger partial charge is 0.350 e. The van der Waals surface area contributed by atoms with E-state index < -0.39 is 10.0 Å². The zero-order valence-corrected chi connectivity index (χ0v) is 17.7. The van der Waals surface area contributed by atoms with Crippen LogP contribution in [0.1, 0.15) is 31.2 Å². The molecule has 3 aliphatic rings. The van der Waals surface area contributed by atoms with Gasteiger partial charge in [-0.15, -0.1) is 0 Å². The molecule has 9 heteroatoms. The number of ether oxygens (including phenoxy) is 2. The van der Waals surface area contributed by atoms with Gasteiger partial charge in [-0.2, -0.15) is 9.57 Å². The third kappa shape index (κ3) is 4.37. The summed E-state index contributed by atoms with van der Waals surface area (Å²) in [4.78, 5) is 15.0. The molecule has 0 radical (unpaired) electrons. The Kier molecular flexibility index (Phi) is 6.39. The van der Waals surface area contributed by atoms with Crippen molar-refractivity contribution in [3.05, 3.63) is 29.8 Å².